The summed E-state index contributed by atoms with van der Waals surface area (Å²) in [6.45, 7) is 1.91. The average molecular weight is 379 g/mol. The van der Waals surface area contributed by atoms with Gasteiger partial charge in [0.15, 0.2) is 0 Å². The summed E-state index contributed by atoms with van der Waals surface area (Å²) in [6, 6.07) is 15.1. The first-order valence-corrected chi connectivity index (χ1v) is 9.92. The fourth-order valence-corrected chi connectivity index (χ4v) is 4.32. The monoisotopic (exact) mass is 379 g/mol. The van der Waals surface area contributed by atoms with Crippen molar-refractivity contribution in [2.75, 3.05) is 19.7 Å². The van der Waals surface area contributed by atoms with Gasteiger partial charge in [-0.3, -0.25) is 4.79 Å². The Labute approximate surface area is 164 Å². The summed E-state index contributed by atoms with van der Waals surface area (Å²) in [4.78, 5) is 26.3. The lowest BCUT2D eigenvalue weighted by atomic mass is 9.87. The Bertz CT molecular complexity index is 870. The maximum absolute atomic E-state index is 12.9. The van der Waals surface area contributed by atoms with Crippen LogP contribution in [0.15, 0.2) is 48.5 Å². The molecule has 4 rings (SSSR count). The van der Waals surface area contributed by atoms with Gasteiger partial charge in [-0.1, -0.05) is 36.4 Å². The molecule has 2 aliphatic heterocycles. The highest BCUT2D eigenvalue weighted by molar-refractivity contribution is 5.89. The number of amides is 1. The van der Waals surface area contributed by atoms with E-state index in [1.165, 1.54) is 0 Å². The van der Waals surface area contributed by atoms with Gasteiger partial charge in [0.25, 0.3) is 0 Å². The number of benzene rings is 2. The van der Waals surface area contributed by atoms with Crippen molar-refractivity contribution in [2.45, 2.75) is 25.7 Å². The van der Waals surface area contributed by atoms with Gasteiger partial charge in [-0.25, -0.2) is 4.79 Å². The van der Waals surface area contributed by atoms with Gasteiger partial charge < -0.3 is 14.7 Å². The number of fused-ring (bicyclic) bond motifs is 1. The number of piperidine rings is 1. The molecule has 0 bridgehead atoms. The molecule has 1 saturated heterocycles. The van der Waals surface area contributed by atoms with Crippen molar-refractivity contribution in [3.05, 3.63) is 65.2 Å². The largest absolute Gasteiger partial charge is 0.492 e. The van der Waals surface area contributed by atoms with E-state index in [9.17, 15) is 14.7 Å². The number of carboxylic acid groups (broad SMARTS) is 1. The van der Waals surface area contributed by atoms with E-state index >= 15 is 0 Å². The Kier molecular flexibility index (Phi) is 5.33. The van der Waals surface area contributed by atoms with Crippen molar-refractivity contribution in [3.8, 4) is 5.75 Å². The number of likely N-dealkylation sites (tertiary alicyclic amines) is 1. The molecule has 2 heterocycles. The summed E-state index contributed by atoms with van der Waals surface area (Å²) >= 11 is 0. The zero-order valence-corrected chi connectivity index (χ0v) is 15.8. The van der Waals surface area contributed by atoms with Crippen LogP contribution in [0.4, 0.5) is 0 Å². The van der Waals surface area contributed by atoms with Gasteiger partial charge in [0, 0.05) is 13.1 Å². The predicted molar refractivity (Wildman–Crippen MR) is 106 cm³/mol. The van der Waals surface area contributed by atoms with Crippen LogP contribution in [0.25, 0.3) is 0 Å². The minimum atomic E-state index is -0.874. The minimum Gasteiger partial charge on any atom is -0.492 e. The highest BCUT2D eigenvalue weighted by atomic mass is 16.5. The second-order valence-electron chi connectivity index (χ2n) is 7.75. The van der Waals surface area contributed by atoms with Crippen molar-refractivity contribution < 1.29 is 19.4 Å². The van der Waals surface area contributed by atoms with Crippen molar-refractivity contribution >= 4 is 11.9 Å². The summed E-state index contributed by atoms with van der Waals surface area (Å²) in [5.41, 5.74) is 2.38. The lowest BCUT2D eigenvalue weighted by Crippen LogP contribution is -2.45. The van der Waals surface area contributed by atoms with E-state index in [0.717, 1.165) is 55.6 Å². The summed E-state index contributed by atoms with van der Waals surface area (Å²) in [5, 5.41) is 9.36. The van der Waals surface area contributed by atoms with Gasteiger partial charge in [0.1, 0.15) is 12.4 Å². The molecule has 1 atom stereocenters. The first-order valence-electron chi connectivity index (χ1n) is 9.92. The third-order valence-electron chi connectivity index (χ3n) is 5.91. The van der Waals surface area contributed by atoms with Crippen LogP contribution in [-0.4, -0.2) is 41.6 Å². The zero-order chi connectivity index (χ0) is 19.5. The van der Waals surface area contributed by atoms with Crippen molar-refractivity contribution in [3.63, 3.8) is 0 Å². The fourth-order valence-electron chi connectivity index (χ4n) is 4.32. The number of carbonyl (C=O) groups is 2. The number of para-hydroxylation sites is 1. The molecule has 0 radical (unpaired) electrons. The Morgan fingerprint density at radius 1 is 1.04 bits per heavy atom. The predicted octanol–water partition coefficient (Wildman–Crippen LogP) is 3.42. The highest BCUT2D eigenvalue weighted by Gasteiger charge is 2.31. The van der Waals surface area contributed by atoms with E-state index in [0.29, 0.717) is 18.1 Å². The average Bonchev–Trinajstić information content (AvgIpc) is 2.73. The van der Waals surface area contributed by atoms with E-state index in [1.807, 2.05) is 41.3 Å². The van der Waals surface area contributed by atoms with Crippen LogP contribution in [0.3, 0.4) is 0 Å². The molecule has 0 spiro atoms. The summed E-state index contributed by atoms with van der Waals surface area (Å²) in [5.74, 6) is 0.495. The first kappa shape index (κ1) is 18.5. The van der Waals surface area contributed by atoms with Gasteiger partial charge in [0.2, 0.25) is 5.91 Å². The molecule has 28 heavy (non-hydrogen) atoms. The van der Waals surface area contributed by atoms with Crippen LogP contribution in [-0.2, 0) is 17.6 Å². The van der Waals surface area contributed by atoms with E-state index in [1.54, 1.807) is 12.1 Å². The lowest BCUT2D eigenvalue weighted by molar-refractivity contribution is -0.138. The third-order valence-corrected chi connectivity index (χ3v) is 5.91. The molecule has 2 aromatic carbocycles. The van der Waals surface area contributed by atoms with Crippen LogP contribution < -0.4 is 4.74 Å². The van der Waals surface area contributed by atoms with Crippen molar-refractivity contribution in [1.29, 1.82) is 0 Å². The maximum Gasteiger partial charge on any atom is 0.335 e. The summed E-state index contributed by atoms with van der Waals surface area (Å²) < 4.78 is 5.78. The second kappa shape index (κ2) is 8.05. The molecule has 1 N–H and O–H groups in total. The molecule has 0 aliphatic carbocycles. The maximum atomic E-state index is 12.9. The first-order chi connectivity index (χ1) is 13.6. The number of ether oxygens (including phenoxy) is 1. The number of rotatable bonds is 4. The number of nitrogens with zero attached hydrogens (tertiary/aromatic N) is 1. The van der Waals surface area contributed by atoms with Crippen LogP contribution in [0.1, 0.15) is 34.3 Å². The van der Waals surface area contributed by atoms with Gasteiger partial charge in [-0.15, -0.1) is 0 Å². The van der Waals surface area contributed by atoms with E-state index in [-0.39, 0.29) is 11.8 Å². The lowest BCUT2D eigenvalue weighted by Gasteiger charge is -2.35. The van der Waals surface area contributed by atoms with Gasteiger partial charge in [-0.2, -0.15) is 0 Å². The molecular formula is C23H25NO4. The van der Waals surface area contributed by atoms with Crippen LogP contribution in [0, 0.1) is 11.8 Å². The van der Waals surface area contributed by atoms with Gasteiger partial charge in [0.05, 0.1) is 11.5 Å². The molecule has 0 saturated carbocycles. The number of hydrogen-bond donors (Lipinski definition) is 1. The molecular weight excluding hydrogens is 354 g/mol. The summed E-state index contributed by atoms with van der Waals surface area (Å²) in [7, 11) is 0. The quantitative estimate of drug-likeness (QED) is 0.884. The van der Waals surface area contributed by atoms with E-state index in [4.69, 9.17) is 4.74 Å². The van der Waals surface area contributed by atoms with Crippen LogP contribution in [0.5, 0.6) is 5.75 Å². The van der Waals surface area contributed by atoms with E-state index < -0.39 is 5.97 Å². The number of hydrogen-bond acceptors (Lipinski definition) is 3. The Balaban J connectivity index is 1.33. The minimum absolute atomic E-state index is 0.112. The van der Waals surface area contributed by atoms with Crippen LogP contribution in [0.2, 0.25) is 0 Å². The standard InChI is InChI=1S/C23H25NO4/c25-22(19-14-18-6-2-4-8-21(18)28-15-19)24-11-9-16(10-12-24)13-17-5-1-3-7-20(17)23(26)27/h1-8,16,19H,9-15H2,(H,26,27). The molecule has 0 aromatic heterocycles. The Morgan fingerprint density at radius 3 is 2.54 bits per heavy atom. The topological polar surface area (TPSA) is 66.8 Å². The molecule has 2 aromatic rings. The SMILES string of the molecule is O=C(O)c1ccccc1CC1CCN(C(=O)C2COc3ccccc3C2)CC1. The van der Waals surface area contributed by atoms with Crippen molar-refractivity contribution in [2.24, 2.45) is 11.8 Å². The molecule has 146 valence electrons. The number of aromatic carboxylic acids is 1. The highest BCUT2D eigenvalue weighted by Crippen LogP contribution is 2.29. The van der Waals surface area contributed by atoms with Gasteiger partial charge in [-0.05, 0) is 54.9 Å². The fraction of sp³-hybridized carbons (Fsp3) is 0.391. The number of carboxylic acids is 1. The van der Waals surface area contributed by atoms with E-state index in [2.05, 4.69) is 0 Å². The molecule has 1 amide bonds. The second-order valence-corrected chi connectivity index (χ2v) is 7.75. The molecule has 2 aliphatic rings. The Morgan fingerprint density at radius 2 is 1.75 bits per heavy atom. The number of carbonyl (C=O) groups excluding carboxylic acids is 1. The van der Waals surface area contributed by atoms with Crippen molar-refractivity contribution in [1.82, 2.24) is 4.90 Å². The van der Waals surface area contributed by atoms with Crippen LogP contribution >= 0.6 is 0 Å². The molecule has 5 heteroatoms. The van der Waals surface area contributed by atoms with Gasteiger partial charge >= 0.3 is 5.97 Å². The molecule has 1 fully saturated rings. The smallest absolute Gasteiger partial charge is 0.335 e. The molecule has 1 unspecified atom stereocenters. The Hall–Kier alpha value is -2.82. The summed E-state index contributed by atoms with van der Waals surface area (Å²) in [6.07, 6.45) is 3.30. The zero-order valence-electron chi connectivity index (χ0n) is 15.8. The molecule has 5 nitrogen and oxygen atoms in total. The third kappa shape index (κ3) is 3.88. The normalized spacial score (nSPS) is 19.6.